The van der Waals surface area contributed by atoms with E-state index in [9.17, 15) is 4.79 Å². The normalized spacial score (nSPS) is 12.0. The predicted molar refractivity (Wildman–Crippen MR) is 95.7 cm³/mol. The standard InChI is InChI=1S/C16H16ClIN2O/c1-11(14-7-2-3-8-15(14)17)19-10-16(21)20-13-6-4-5-12(18)9-13/h2-9,11,19H,10H2,1H3,(H,20,21). The molecule has 3 nitrogen and oxygen atoms in total. The maximum atomic E-state index is 11.9. The zero-order valence-corrected chi connectivity index (χ0v) is 14.5. The van der Waals surface area contributed by atoms with Gasteiger partial charge in [-0.1, -0.05) is 35.9 Å². The second-order valence-corrected chi connectivity index (χ2v) is 6.34. The van der Waals surface area contributed by atoms with E-state index in [1.165, 1.54) is 0 Å². The van der Waals surface area contributed by atoms with Crippen LogP contribution in [0, 0.1) is 3.57 Å². The second kappa shape index (κ2) is 7.77. The van der Waals surface area contributed by atoms with Crippen LogP contribution in [0.15, 0.2) is 48.5 Å². The molecule has 0 bridgehead atoms. The van der Waals surface area contributed by atoms with Gasteiger partial charge in [-0.05, 0) is 59.3 Å². The fraction of sp³-hybridized carbons (Fsp3) is 0.188. The fourth-order valence-electron chi connectivity index (χ4n) is 1.95. The smallest absolute Gasteiger partial charge is 0.238 e. The van der Waals surface area contributed by atoms with Crippen LogP contribution in [-0.4, -0.2) is 12.5 Å². The number of carbonyl (C=O) groups excluding carboxylic acids is 1. The van der Waals surface area contributed by atoms with E-state index in [-0.39, 0.29) is 18.5 Å². The summed E-state index contributed by atoms with van der Waals surface area (Å²) in [5.41, 5.74) is 1.79. The van der Waals surface area contributed by atoms with Gasteiger partial charge in [0, 0.05) is 20.3 Å². The van der Waals surface area contributed by atoms with Crippen LogP contribution in [0.1, 0.15) is 18.5 Å². The first kappa shape index (κ1) is 16.3. The van der Waals surface area contributed by atoms with Crippen LogP contribution in [0.5, 0.6) is 0 Å². The Labute approximate surface area is 143 Å². The molecule has 0 aromatic heterocycles. The van der Waals surface area contributed by atoms with E-state index in [1.807, 2.05) is 55.5 Å². The van der Waals surface area contributed by atoms with Gasteiger partial charge >= 0.3 is 0 Å². The predicted octanol–water partition coefficient (Wildman–Crippen LogP) is 4.23. The van der Waals surface area contributed by atoms with Gasteiger partial charge in [0.25, 0.3) is 0 Å². The molecule has 5 heteroatoms. The minimum Gasteiger partial charge on any atom is -0.325 e. The lowest BCUT2D eigenvalue weighted by atomic mass is 10.1. The Bertz CT molecular complexity index is 633. The van der Waals surface area contributed by atoms with E-state index in [2.05, 4.69) is 33.2 Å². The molecule has 1 amide bonds. The largest absolute Gasteiger partial charge is 0.325 e. The molecule has 0 heterocycles. The molecule has 0 aliphatic rings. The zero-order valence-electron chi connectivity index (χ0n) is 11.6. The molecule has 2 aromatic rings. The Morgan fingerprint density at radius 1 is 1.24 bits per heavy atom. The Morgan fingerprint density at radius 2 is 2.00 bits per heavy atom. The molecule has 0 aliphatic carbocycles. The topological polar surface area (TPSA) is 41.1 Å². The lowest BCUT2D eigenvalue weighted by molar-refractivity contribution is -0.115. The Balaban J connectivity index is 1.88. The van der Waals surface area contributed by atoms with Crippen molar-refractivity contribution in [3.63, 3.8) is 0 Å². The lowest BCUT2D eigenvalue weighted by Gasteiger charge is -2.15. The molecule has 21 heavy (non-hydrogen) atoms. The van der Waals surface area contributed by atoms with Crippen molar-refractivity contribution in [2.45, 2.75) is 13.0 Å². The molecule has 0 radical (unpaired) electrons. The molecule has 2 N–H and O–H groups in total. The van der Waals surface area contributed by atoms with E-state index in [1.54, 1.807) is 0 Å². The fourth-order valence-corrected chi connectivity index (χ4v) is 2.80. The molecule has 0 aliphatic heterocycles. The number of amides is 1. The van der Waals surface area contributed by atoms with Gasteiger partial charge in [0.05, 0.1) is 6.54 Å². The highest BCUT2D eigenvalue weighted by Gasteiger charge is 2.10. The summed E-state index contributed by atoms with van der Waals surface area (Å²) in [4.78, 5) is 11.9. The van der Waals surface area contributed by atoms with E-state index in [0.717, 1.165) is 14.8 Å². The summed E-state index contributed by atoms with van der Waals surface area (Å²) in [7, 11) is 0. The van der Waals surface area contributed by atoms with Crippen molar-refractivity contribution in [3.05, 3.63) is 62.7 Å². The third-order valence-electron chi connectivity index (χ3n) is 3.05. The van der Waals surface area contributed by atoms with Crippen LogP contribution in [-0.2, 0) is 4.79 Å². The number of nitrogens with one attached hydrogen (secondary N) is 2. The average molecular weight is 415 g/mol. The zero-order chi connectivity index (χ0) is 15.2. The van der Waals surface area contributed by atoms with E-state index >= 15 is 0 Å². The third kappa shape index (κ3) is 4.98. The van der Waals surface area contributed by atoms with Gasteiger partial charge < -0.3 is 10.6 Å². The summed E-state index contributed by atoms with van der Waals surface area (Å²) in [6.07, 6.45) is 0. The Kier molecular flexibility index (Phi) is 6.02. The SMILES string of the molecule is CC(NCC(=O)Nc1cccc(I)c1)c1ccccc1Cl. The van der Waals surface area contributed by atoms with Crippen LogP contribution in [0.4, 0.5) is 5.69 Å². The lowest BCUT2D eigenvalue weighted by Crippen LogP contribution is -2.30. The van der Waals surface area contributed by atoms with Crippen LogP contribution in [0.3, 0.4) is 0 Å². The number of rotatable bonds is 5. The Morgan fingerprint density at radius 3 is 2.71 bits per heavy atom. The van der Waals surface area contributed by atoms with Gasteiger partial charge in [-0.2, -0.15) is 0 Å². The maximum absolute atomic E-state index is 11.9. The van der Waals surface area contributed by atoms with Gasteiger partial charge in [0.15, 0.2) is 0 Å². The van der Waals surface area contributed by atoms with Gasteiger partial charge in [0.2, 0.25) is 5.91 Å². The molecule has 110 valence electrons. The van der Waals surface area contributed by atoms with Crippen LogP contribution in [0.25, 0.3) is 0 Å². The number of benzene rings is 2. The molecule has 1 atom stereocenters. The molecular formula is C16H16ClIN2O. The van der Waals surface area contributed by atoms with Crippen LogP contribution < -0.4 is 10.6 Å². The maximum Gasteiger partial charge on any atom is 0.238 e. The summed E-state index contributed by atoms with van der Waals surface area (Å²) < 4.78 is 1.09. The van der Waals surface area contributed by atoms with Crippen LogP contribution in [0.2, 0.25) is 5.02 Å². The molecule has 2 rings (SSSR count). The molecular weight excluding hydrogens is 399 g/mol. The molecule has 0 spiro atoms. The summed E-state index contributed by atoms with van der Waals surface area (Å²) in [5.74, 6) is -0.0732. The first-order valence-electron chi connectivity index (χ1n) is 6.59. The summed E-state index contributed by atoms with van der Waals surface area (Å²) >= 11 is 8.35. The molecule has 2 aromatic carbocycles. The second-order valence-electron chi connectivity index (χ2n) is 4.68. The van der Waals surface area contributed by atoms with Crippen LogP contribution >= 0.6 is 34.2 Å². The number of carbonyl (C=O) groups is 1. The van der Waals surface area contributed by atoms with Crippen molar-refractivity contribution < 1.29 is 4.79 Å². The van der Waals surface area contributed by atoms with E-state index in [4.69, 9.17) is 11.6 Å². The summed E-state index contributed by atoms with van der Waals surface area (Å²) in [6.45, 7) is 2.22. The van der Waals surface area contributed by atoms with Crippen molar-refractivity contribution in [2.75, 3.05) is 11.9 Å². The highest BCUT2D eigenvalue weighted by atomic mass is 127. The molecule has 0 saturated heterocycles. The average Bonchev–Trinajstić information content (AvgIpc) is 2.45. The number of hydrogen-bond acceptors (Lipinski definition) is 2. The van der Waals surface area contributed by atoms with Crippen molar-refractivity contribution in [3.8, 4) is 0 Å². The van der Waals surface area contributed by atoms with Crippen molar-refractivity contribution >= 4 is 45.8 Å². The third-order valence-corrected chi connectivity index (χ3v) is 4.06. The minimum absolute atomic E-state index is 0.0142. The van der Waals surface area contributed by atoms with Crippen molar-refractivity contribution in [1.82, 2.24) is 5.32 Å². The highest BCUT2D eigenvalue weighted by molar-refractivity contribution is 14.1. The quantitative estimate of drug-likeness (QED) is 0.719. The van der Waals surface area contributed by atoms with Crippen molar-refractivity contribution in [1.29, 1.82) is 0 Å². The van der Waals surface area contributed by atoms with Gasteiger partial charge in [-0.25, -0.2) is 0 Å². The van der Waals surface area contributed by atoms with E-state index in [0.29, 0.717) is 5.02 Å². The minimum atomic E-state index is -0.0732. The number of hydrogen-bond donors (Lipinski definition) is 2. The molecule has 0 fully saturated rings. The number of anilines is 1. The summed E-state index contributed by atoms with van der Waals surface area (Å²) in [6, 6.07) is 15.3. The molecule has 1 unspecified atom stereocenters. The van der Waals surface area contributed by atoms with Gasteiger partial charge in [-0.3, -0.25) is 4.79 Å². The highest BCUT2D eigenvalue weighted by Crippen LogP contribution is 2.21. The van der Waals surface area contributed by atoms with Crippen molar-refractivity contribution in [2.24, 2.45) is 0 Å². The summed E-state index contributed by atoms with van der Waals surface area (Å²) in [5, 5.41) is 6.75. The molecule has 0 saturated carbocycles. The monoisotopic (exact) mass is 414 g/mol. The number of halogens is 2. The first-order chi connectivity index (χ1) is 10.1. The van der Waals surface area contributed by atoms with Gasteiger partial charge in [0.1, 0.15) is 0 Å². The van der Waals surface area contributed by atoms with Gasteiger partial charge in [-0.15, -0.1) is 0 Å². The Hall–Kier alpha value is -1.11. The first-order valence-corrected chi connectivity index (χ1v) is 8.05. The van der Waals surface area contributed by atoms with E-state index < -0.39 is 0 Å².